The summed E-state index contributed by atoms with van der Waals surface area (Å²) in [5, 5.41) is 8.77. The molecular formula is C18H20O3. The minimum atomic E-state index is -0.824. The lowest BCUT2D eigenvalue weighted by atomic mass is 10.1. The molecule has 0 bridgehead atoms. The molecule has 3 nitrogen and oxygen atoms in total. The van der Waals surface area contributed by atoms with E-state index >= 15 is 0 Å². The molecule has 0 saturated heterocycles. The van der Waals surface area contributed by atoms with E-state index in [1.165, 1.54) is 5.56 Å². The van der Waals surface area contributed by atoms with E-state index in [0.29, 0.717) is 6.61 Å². The lowest BCUT2D eigenvalue weighted by molar-refractivity contribution is -0.136. The molecule has 0 spiro atoms. The number of unbranched alkanes of at least 4 members (excludes halogenated alkanes) is 1. The van der Waals surface area contributed by atoms with Crippen LogP contribution >= 0.6 is 0 Å². The van der Waals surface area contributed by atoms with Crippen molar-refractivity contribution in [2.45, 2.75) is 25.7 Å². The van der Waals surface area contributed by atoms with Crippen molar-refractivity contribution in [2.75, 3.05) is 6.61 Å². The van der Waals surface area contributed by atoms with Crippen LogP contribution in [0.1, 0.15) is 24.0 Å². The second-order valence-electron chi connectivity index (χ2n) is 5.01. The van der Waals surface area contributed by atoms with E-state index in [9.17, 15) is 4.79 Å². The Morgan fingerprint density at radius 2 is 1.71 bits per heavy atom. The van der Waals surface area contributed by atoms with Crippen LogP contribution in [0.3, 0.4) is 0 Å². The summed E-state index contributed by atoms with van der Waals surface area (Å²) in [6.07, 6.45) is 3.16. The summed E-state index contributed by atoms with van der Waals surface area (Å²) >= 11 is 0. The zero-order valence-corrected chi connectivity index (χ0v) is 12.0. The SMILES string of the molecule is O=C(O)Cc1cccc(OCCCCc2ccccc2)c1. The Kier molecular flexibility index (Phi) is 5.83. The summed E-state index contributed by atoms with van der Waals surface area (Å²) < 4.78 is 5.67. The minimum Gasteiger partial charge on any atom is -0.494 e. The van der Waals surface area contributed by atoms with Crippen LogP contribution in [-0.4, -0.2) is 17.7 Å². The second-order valence-corrected chi connectivity index (χ2v) is 5.01. The standard InChI is InChI=1S/C18H20O3/c19-18(20)14-16-10-6-11-17(13-16)21-12-5-4-9-15-7-2-1-3-8-15/h1-3,6-8,10-11,13H,4-5,9,12,14H2,(H,19,20). The van der Waals surface area contributed by atoms with Gasteiger partial charge in [-0.05, 0) is 42.5 Å². The summed E-state index contributed by atoms with van der Waals surface area (Å²) in [4.78, 5) is 10.7. The Morgan fingerprint density at radius 3 is 2.48 bits per heavy atom. The number of benzene rings is 2. The van der Waals surface area contributed by atoms with Gasteiger partial charge in [0.1, 0.15) is 5.75 Å². The third kappa shape index (κ3) is 5.69. The molecule has 0 unspecified atom stereocenters. The number of rotatable bonds is 8. The maximum Gasteiger partial charge on any atom is 0.307 e. The Balaban J connectivity index is 1.70. The van der Waals surface area contributed by atoms with Crippen molar-refractivity contribution in [3.05, 3.63) is 65.7 Å². The van der Waals surface area contributed by atoms with Gasteiger partial charge in [0.15, 0.2) is 0 Å². The van der Waals surface area contributed by atoms with Crippen LogP contribution in [0.15, 0.2) is 54.6 Å². The van der Waals surface area contributed by atoms with Crippen molar-refractivity contribution in [2.24, 2.45) is 0 Å². The van der Waals surface area contributed by atoms with Crippen LogP contribution in [0, 0.1) is 0 Å². The van der Waals surface area contributed by atoms with Crippen LogP contribution in [0.25, 0.3) is 0 Å². The number of carbonyl (C=O) groups is 1. The smallest absolute Gasteiger partial charge is 0.307 e. The average molecular weight is 284 g/mol. The Morgan fingerprint density at radius 1 is 0.952 bits per heavy atom. The van der Waals surface area contributed by atoms with Crippen LogP contribution in [0.2, 0.25) is 0 Å². The third-order valence-corrected chi connectivity index (χ3v) is 3.23. The zero-order chi connectivity index (χ0) is 14.9. The van der Waals surface area contributed by atoms with Crippen molar-refractivity contribution in [3.8, 4) is 5.75 Å². The molecule has 0 aliphatic carbocycles. The fourth-order valence-corrected chi connectivity index (χ4v) is 2.19. The predicted octanol–water partition coefficient (Wildman–Crippen LogP) is 3.72. The van der Waals surface area contributed by atoms with Gasteiger partial charge >= 0.3 is 5.97 Å². The molecule has 0 fully saturated rings. The number of hydrogen-bond donors (Lipinski definition) is 1. The van der Waals surface area contributed by atoms with Crippen molar-refractivity contribution in [1.29, 1.82) is 0 Å². The molecule has 2 aromatic carbocycles. The highest BCUT2D eigenvalue weighted by molar-refractivity contribution is 5.70. The molecule has 0 radical (unpaired) electrons. The van der Waals surface area contributed by atoms with Crippen LogP contribution in [-0.2, 0) is 17.6 Å². The Bertz CT molecular complexity index is 564. The second kappa shape index (κ2) is 8.10. The zero-order valence-electron chi connectivity index (χ0n) is 12.0. The molecule has 2 aromatic rings. The number of aliphatic carboxylic acids is 1. The van der Waals surface area contributed by atoms with Gasteiger partial charge in [-0.15, -0.1) is 0 Å². The van der Waals surface area contributed by atoms with Gasteiger partial charge in [-0.3, -0.25) is 4.79 Å². The fraction of sp³-hybridized carbons (Fsp3) is 0.278. The molecule has 0 amide bonds. The maximum absolute atomic E-state index is 10.7. The van der Waals surface area contributed by atoms with E-state index in [1.54, 1.807) is 12.1 Å². The van der Waals surface area contributed by atoms with Crippen molar-refractivity contribution in [3.63, 3.8) is 0 Å². The first-order chi connectivity index (χ1) is 10.2. The van der Waals surface area contributed by atoms with Gasteiger partial charge in [0.05, 0.1) is 13.0 Å². The number of aryl methyl sites for hydroxylation is 1. The monoisotopic (exact) mass is 284 g/mol. The van der Waals surface area contributed by atoms with E-state index in [0.717, 1.165) is 30.6 Å². The van der Waals surface area contributed by atoms with Crippen molar-refractivity contribution >= 4 is 5.97 Å². The summed E-state index contributed by atoms with van der Waals surface area (Å²) in [5.74, 6) is -0.0801. The molecule has 0 aliphatic heterocycles. The van der Waals surface area contributed by atoms with Crippen molar-refractivity contribution in [1.82, 2.24) is 0 Å². The number of carboxylic acids is 1. The first-order valence-electron chi connectivity index (χ1n) is 7.21. The number of carboxylic acid groups (broad SMARTS) is 1. The minimum absolute atomic E-state index is 0.0329. The largest absolute Gasteiger partial charge is 0.494 e. The van der Waals surface area contributed by atoms with E-state index in [4.69, 9.17) is 9.84 Å². The quantitative estimate of drug-likeness (QED) is 0.752. The first kappa shape index (κ1) is 15.1. The lowest BCUT2D eigenvalue weighted by Crippen LogP contribution is -2.02. The van der Waals surface area contributed by atoms with E-state index in [2.05, 4.69) is 24.3 Å². The predicted molar refractivity (Wildman–Crippen MR) is 82.7 cm³/mol. The molecule has 1 N–H and O–H groups in total. The molecule has 3 heteroatoms. The molecule has 0 atom stereocenters. The summed E-state index contributed by atoms with van der Waals surface area (Å²) in [5.41, 5.74) is 2.12. The molecule has 21 heavy (non-hydrogen) atoms. The van der Waals surface area contributed by atoms with Gasteiger partial charge in [-0.1, -0.05) is 42.5 Å². The normalized spacial score (nSPS) is 10.3. The van der Waals surface area contributed by atoms with Crippen LogP contribution in [0.4, 0.5) is 0 Å². The topological polar surface area (TPSA) is 46.5 Å². The molecule has 110 valence electrons. The Hall–Kier alpha value is -2.29. The summed E-state index contributed by atoms with van der Waals surface area (Å²) in [6, 6.07) is 17.7. The first-order valence-corrected chi connectivity index (χ1v) is 7.21. The lowest BCUT2D eigenvalue weighted by Gasteiger charge is -2.07. The van der Waals surface area contributed by atoms with Crippen LogP contribution < -0.4 is 4.74 Å². The van der Waals surface area contributed by atoms with Crippen LogP contribution in [0.5, 0.6) is 5.75 Å². The van der Waals surface area contributed by atoms with E-state index < -0.39 is 5.97 Å². The van der Waals surface area contributed by atoms with Gasteiger partial charge in [-0.2, -0.15) is 0 Å². The van der Waals surface area contributed by atoms with Gasteiger partial charge in [0.2, 0.25) is 0 Å². The molecular weight excluding hydrogens is 264 g/mol. The van der Waals surface area contributed by atoms with E-state index in [1.807, 2.05) is 18.2 Å². The van der Waals surface area contributed by atoms with Gasteiger partial charge in [0, 0.05) is 0 Å². The fourth-order valence-electron chi connectivity index (χ4n) is 2.19. The summed E-state index contributed by atoms with van der Waals surface area (Å²) in [7, 11) is 0. The van der Waals surface area contributed by atoms with E-state index in [-0.39, 0.29) is 6.42 Å². The summed E-state index contributed by atoms with van der Waals surface area (Å²) in [6.45, 7) is 0.656. The number of ether oxygens (including phenoxy) is 1. The molecule has 0 saturated carbocycles. The maximum atomic E-state index is 10.7. The number of hydrogen-bond acceptors (Lipinski definition) is 2. The molecule has 2 rings (SSSR count). The van der Waals surface area contributed by atoms with Crippen molar-refractivity contribution < 1.29 is 14.6 Å². The molecule has 0 heterocycles. The third-order valence-electron chi connectivity index (χ3n) is 3.23. The average Bonchev–Trinajstić information content (AvgIpc) is 2.48. The van der Waals surface area contributed by atoms with Gasteiger partial charge in [-0.25, -0.2) is 0 Å². The molecule has 0 aromatic heterocycles. The highest BCUT2D eigenvalue weighted by Crippen LogP contribution is 2.14. The molecule has 0 aliphatic rings. The van der Waals surface area contributed by atoms with Gasteiger partial charge < -0.3 is 9.84 Å². The van der Waals surface area contributed by atoms with Gasteiger partial charge in [0.25, 0.3) is 0 Å². The highest BCUT2D eigenvalue weighted by atomic mass is 16.5. The highest BCUT2D eigenvalue weighted by Gasteiger charge is 2.02. The Labute approximate surface area is 125 Å².